The van der Waals surface area contributed by atoms with Gasteiger partial charge in [0.25, 0.3) is 0 Å². The van der Waals surface area contributed by atoms with Gasteiger partial charge in [0.2, 0.25) is 17.7 Å². The molecule has 5 atom stereocenters. The number of nitrogens with one attached hydrogen (secondary N) is 4. The molecule has 5 unspecified atom stereocenters. The lowest BCUT2D eigenvalue weighted by atomic mass is 9.97. The molecule has 0 saturated carbocycles. The van der Waals surface area contributed by atoms with Crippen molar-refractivity contribution in [2.45, 2.75) is 57.3 Å². The average molecular weight is 552 g/mol. The molecule has 2 aromatic rings. The summed E-state index contributed by atoms with van der Waals surface area (Å²) in [6.45, 7) is 3.65. The minimum absolute atomic E-state index is 0.0000191. The second-order valence-electron chi connectivity index (χ2n) is 8.97. The van der Waals surface area contributed by atoms with E-state index in [4.69, 9.17) is 5.73 Å². The van der Waals surface area contributed by atoms with E-state index in [0.29, 0.717) is 18.6 Å². The average Bonchev–Trinajstić information content (AvgIpc) is 3.30. The van der Waals surface area contributed by atoms with E-state index in [1.807, 2.05) is 37.4 Å². The van der Waals surface area contributed by atoms with Crippen molar-refractivity contribution in [3.05, 3.63) is 36.0 Å². The van der Waals surface area contributed by atoms with Crippen molar-refractivity contribution >= 4 is 59.0 Å². The van der Waals surface area contributed by atoms with Crippen molar-refractivity contribution in [3.8, 4) is 0 Å². The van der Waals surface area contributed by atoms with Gasteiger partial charge in [-0.1, -0.05) is 38.5 Å². The molecule has 12 heteroatoms. The van der Waals surface area contributed by atoms with Crippen molar-refractivity contribution in [3.63, 3.8) is 0 Å². The van der Waals surface area contributed by atoms with Gasteiger partial charge in [0.1, 0.15) is 18.1 Å². The van der Waals surface area contributed by atoms with Crippen LogP contribution in [0.15, 0.2) is 30.5 Å². The maximum absolute atomic E-state index is 13.2. The zero-order valence-electron chi connectivity index (χ0n) is 21.3. The molecule has 0 aliphatic heterocycles. The number of rotatable bonds is 15. The molecule has 0 aliphatic rings. The number of hydrogen-bond donors (Lipinski definition) is 7. The fraction of sp³-hybridized carbons (Fsp3) is 0.520. The number of fused-ring (bicyclic) bond motifs is 1. The lowest BCUT2D eigenvalue weighted by Crippen LogP contribution is -2.59. The smallest absolute Gasteiger partial charge is 0.326 e. The van der Waals surface area contributed by atoms with E-state index >= 15 is 0 Å². The monoisotopic (exact) mass is 551 g/mol. The molecular formula is C25H37N5O5S2. The van der Waals surface area contributed by atoms with Crippen molar-refractivity contribution in [1.82, 2.24) is 20.9 Å². The van der Waals surface area contributed by atoms with Crippen LogP contribution < -0.4 is 21.7 Å². The number of aliphatic carboxylic acids is 1. The Balaban J connectivity index is 2.12. The number of aromatic nitrogens is 1. The Labute approximate surface area is 226 Å². The molecule has 0 spiro atoms. The van der Waals surface area contributed by atoms with Crippen LogP contribution in [-0.2, 0) is 25.6 Å². The topological polar surface area (TPSA) is 166 Å². The molecule has 204 valence electrons. The zero-order chi connectivity index (χ0) is 27.5. The number of H-pyrrole nitrogens is 1. The molecule has 1 aromatic carbocycles. The first-order valence-electron chi connectivity index (χ1n) is 12.2. The van der Waals surface area contributed by atoms with Gasteiger partial charge in [-0.2, -0.15) is 24.4 Å². The Hall–Kier alpha value is -2.70. The summed E-state index contributed by atoms with van der Waals surface area (Å²) in [4.78, 5) is 53.7. The third kappa shape index (κ3) is 8.68. The molecule has 0 saturated heterocycles. The number of thioether (sulfide) groups is 1. The van der Waals surface area contributed by atoms with Crippen molar-refractivity contribution < 1.29 is 24.3 Å². The molecule has 0 bridgehead atoms. The first kappa shape index (κ1) is 30.5. The number of carboxylic acids is 1. The van der Waals surface area contributed by atoms with E-state index in [2.05, 4.69) is 33.6 Å². The number of carbonyl (C=O) groups excluding carboxylic acids is 3. The third-order valence-corrected chi connectivity index (χ3v) is 7.30. The number of carbonyl (C=O) groups is 4. The minimum Gasteiger partial charge on any atom is -0.480 e. The summed E-state index contributed by atoms with van der Waals surface area (Å²) in [5.74, 6) is -2.47. The van der Waals surface area contributed by atoms with E-state index in [1.165, 1.54) is 0 Å². The second kappa shape index (κ2) is 14.9. The van der Waals surface area contributed by atoms with Gasteiger partial charge in [-0.15, -0.1) is 0 Å². The number of para-hydroxylation sites is 1. The minimum atomic E-state index is -1.20. The van der Waals surface area contributed by atoms with Crippen LogP contribution in [0, 0.1) is 5.92 Å². The summed E-state index contributed by atoms with van der Waals surface area (Å²) in [5, 5.41) is 18.5. The van der Waals surface area contributed by atoms with Crippen LogP contribution in [-0.4, -0.2) is 75.7 Å². The lowest BCUT2D eigenvalue weighted by molar-refractivity contribution is -0.142. The standard InChI is InChI=1S/C25H37N5O5S2/c1-4-14(2)21(30-23(32)20(13-36)29-22(31)17(26)9-10-37-3)24(33)28-19(25(34)35)11-15-12-27-18-8-6-5-7-16(15)18/h5-8,12,14,17,19-21,27,36H,4,9-11,13,26H2,1-3H3,(H,28,33)(H,29,31)(H,30,32)(H,34,35). The van der Waals surface area contributed by atoms with E-state index in [1.54, 1.807) is 24.9 Å². The van der Waals surface area contributed by atoms with Gasteiger partial charge < -0.3 is 31.8 Å². The summed E-state index contributed by atoms with van der Waals surface area (Å²) in [6.07, 6.45) is 4.71. The third-order valence-electron chi connectivity index (χ3n) is 6.29. The lowest BCUT2D eigenvalue weighted by Gasteiger charge is -2.27. The molecule has 1 aromatic heterocycles. The van der Waals surface area contributed by atoms with Gasteiger partial charge in [0.15, 0.2) is 0 Å². The summed E-state index contributed by atoms with van der Waals surface area (Å²) < 4.78 is 0. The highest BCUT2D eigenvalue weighted by molar-refractivity contribution is 7.98. The maximum atomic E-state index is 13.2. The van der Waals surface area contributed by atoms with Gasteiger partial charge in [-0.3, -0.25) is 14.4 Å². The van der Waals surface area contributed by atoms with E-state index in [0.717, 1.165) is 16.5 Å². The van der Waals surface area contributed by atoms with Gasteiger partial charge >= 0.3 is 5.97 Å². The first-order valence-corrected chi connectivity index (χ1v) is 14.2. The van der Waals surface area contributed by atoms with Gasteiger partial charge in [0.05, 0.1) is 6.04 Å². The summed E-state index contributed by atoms with van der Waals surface area (Å²) in [5.41, 5.74) is 7.51. The molecule has 2 rings (SSSR count). The van der Waals surface area contributed by atoms with Crippen molar-refractivity contribution in [2.75, 3.05) is 17.8 Å². The molecule has 0 aliphatic carbocycles. The first-order chi connectivity index (χ1) is 17.6. The molecule has 0 fully saturated rings. The van der Waals surface area contributed by atoms with Crippen molar-refractivity contribution in [1.29, 1.82) is 0 Å². The number of nitrogens with two attached hydrogens (primary N) is 1. The Bertz CT molecular complexity index is 1080. The predicted molar refractivity (Wildman–Crippen MR) is 150 cm³/mol. The number of amides is 3. The van der Waals surface area contributed by atoms with Crippen LogP contribution in [0.1, 0.15) is 32.3 Å². The number of hydrogen-bond acceptors (Lipinski definition) is 7. The molecular weight excluding hydrogens is 514 g/mol. The van der Waals surface area contributed by atoms with Crippen LogP contribution in [0.2, 0.25) is 0 Å². The second-order valence-corrected chi connectivity index (χ2v) is 10.3. The fourth-order valence-corrected chi connectivity index (χ4v) is 4.53. The fourth-order valence-electron chi connectivity index (χ4n) is 3.79. The Morgan fingerprint density at radius 3 is 2.38 bits per heavy atom. The normalized spacial score (nSPS) is 15.3. The van der Waals surface area contributed by atoms with E-state index in [-0.39, 0.29) is 18.1 Å². The quantitative estimate of drug-likeness (QED) is 0.164. The van der Waals surface area contributed by atoms with E-state index < -0.39 is 47.9 Å². The highest BCUT2D eigenvalue weighted by atomic mass is 32.2. The summed E-state index contributed by atoms with van der Waals surface area (Å²) in [7, 11) is 0. The predicted octanol–water partition coefficient (Wildman–Crippen LogP) is 1.31. The highest BCUT2D eigenvalue weighted by Crippen LogP contribution is 2.19. The number of carboxylic acid groups (broad SMARTS) is 1. The largest absolute Gasteiger partial charge is 0.480 e. The number of aromatic amines is 1. The molecule has 7 N–H and O–H groups in total. The van der Waals surface area contributed by atoms with Crippen molar-refractivity contribution in [2.24, 2.45) is 11.7 Å². The molecule has 10 nitrogen and oxygen atoms in total. The Morgan fingerprint density at radius 1 is 1.08 bits per heavy atom. The number of benzene rings is 1. The van der Waals surface area contributed by atoms with Gasteiger partial charge in [-0.25, -0.2) is 4.79 Å². The van der Waals surface area contributed by atoms with Crippen LogP contribution in [0.5, 0.6) is 0 Å². The highest BCUT2D eigenvalue weighted by Gasteiger charge is 2.32. The van der Waals surface area contributed by atoms with Crippen LogP contribution in [0.25, 0.3) is 10.9 Å². The number of thiol groups is 1. The summed E-state index contributed by atoms with van der Waals surface area (Å²) in [6, 6.07) is 3.51. The summed E-state index contributed by atoms with van der Waals surface area (Å²) >= 11 is 5.74. The Kier molecular flexibility index (Phi) is 12.3. The van der Waals surface area contributed by atoms with E-state index in [9.17, 15) is 24.3 Å². The molecule has 1 heterocycles. The molecule has 37 heavy (non-hydrogen) atoms. The maximum Gasteiger partial charge on any atom is 0.326 e. The Morgan fingerprint density at radius 2 is 1.76 bits per heavy atom. The van der Waals surface area contributed by atoms with Gasteiger partial charge in [0, 0.05) is 29.3 Å². The van der Waals surface area contributed by atoms with Crippen LogP contribution in [0.3, 0.4) is 0 Å². The van der Waals surface area contributed by atoms with Crippen LogP contribution in [0.4, 0.5) is 0 Å². The zero-order valence-corrected chi connectivity index (χ0v) is 23.0. The molecule has 0 radical (unpaired) electrons. The van der Waals surface area contributed by atoms with Crippen LogP contribution >= 0.6 is 24.4 Å². The SMILES string of the molecule is CCC(C)C(NC(=O)C(CS)NC(=O)C(N)CCSC)C(=O)NC(Cc1c[nH]c2ccccc12)C(=O)O. The van der Waals surface area contributed by atoms with Gasteiger partial charge in [-0.05, 0) is 36.0 Å². The molecule has 3 amide bonds.